The van der Waals surface area contributed by atoms with Crippen LogP contribution in [0.4, 0.5) is 23.1 Å². The summed E-state index contributed by atoms with van der Waals surface area (Å²) in [5.41, 5.74) is 3.05. The highest BCUT2D eigenvalue weighted by Gasteiger charge is 2.08. The van der Waals surface area contributed by atoms with Crippen LogP contribution >= 0.6 is 11.6 Å². The van der Waals surface area contributed by atoms with Crippen LogP contribution in [0.3, 0.4) is 0 Å². The third-order valence-corrected chi connectivity index (χ3v) is 3.81. The molecule has 0 saturated heterocycles. The largest absolute Gasteiger partial charge is 0.329 e. The van der Waals surface area contributed by atoms with Crippen LogP contribution in [-0.4, -0.2) is 17.0 Å². The summed E-state index contributed by atoms with van der Waals surface area (Å²) in [7, 11) is 1.98. The number of nitrogens with zero attached hydrogens (tertiary/aromatic N) is 3. The van der Waals surface area contributed by atoms with Gasteiger partial charge in [0, 0.05) is 29.6 Å². The molecule has 5 heteroatoms. The van der Waals surface area contributed by atoms with Crippen molar-refractivity contribution in [2.24, 2.45) is 0 Å². The fraction of sp³-hybridized carbons (Fsp3) is 0.111. The Morgan fingerprint density at radius 3 is 2.61 bits per heavy atom. The molecule has 0 aliphatic rings. The number of para-hydroxylation sites is 1. The average molecular weight is 325 g/mol. The van der Waals surface area contributed by atoms with E-state index in [9.17, 15) is 0 Å². The predicted molar refractivity (Wildman–Crippen MR) is 96.0 cm³/mol. The predicted octanol–water partition coefficient (Wildman–Crippen LogP) is 4.95. The zero-order valence-corrected chi connectivity index (χ0v) is 13.7. The molecule has 116 valence electrons. The van der Waals surface area contributed by atoms with Crippen LogP contribution in [0.2, 0.25) is 5.02 Å². The summed E-state index contributed by atoms with van der Waals surface area (Å²) in [6.45, 7) is 2.01. The molecule has 0 aliphatic heterocycles. The maximum Gasteiger partial charge on any atom is 0.229 e. The topological polar surface area (TPSA) is 41.1 Å². The lowest BCUT2D eigenvalue weighted by Crippen LogP contribution is -2.12. The average Bonchev–Trinajstić information content (AvgIpc) is 2.58. The second-order valence-electron chi connectivity index (χ2n) is 5.22. The summed E-state index contributed by atoms with van der Waals surface area (Å²) in [6, 6.07) is 17.6. The Bertz CT molecular complexity index is 805. The van der Waals surface area contributed by atoms with E-state index in [0.29, 0.717) is 11.0 Å². The summed E-state index contributed by atoms with van der Waals surface area (Å²) in [4.78, 5) is 10.9. The Labute approximate surface area is 140 Å². The summed E-state index contributed by atoms with van der Waals surface area (Å²) in [5.74, 6) is 1.35. The molecule has 1 heterocycles. The van der Waals surface area contributed by atoms with Gasteiger partial charge in [-0.1, -0.05) is 35.9 Å². The van der Waals surface area contributed by atoms with E-state index in [4.69, 9.17) is 11.6 Å². The number of hydrogen-bond acceptors (Lipinski definition) is 4. The number of hydrogen-bond donors (Lipinski definition) is 1. The Balaban J connectivity index is 1.87. The third-order valence-electron chi connectivity index (χ3n) is 3.57. The van der Waals surface area contributed by atoms with Crippen molar-refractivity contribution in [2.75, 3.05) is 17.3 Å². The first-order valence-electron chi connectivity index (χ1n) is 7.28. The number of nitrogens with one attached hydrogen (secondary N) is 1. The number of halogens is 1. The summed E-state index contributed by atoms with van der Waals surface area (Å²) in [5, 5.41) is 3.90. The first-order valence-corrected chi connectivity index (χ1v) is 7.66. The zero-order valence-electron chi connectivity index (χ0n) is 13.0. The molecular formula is C18H17ClN4. The van der Waals surface area contributed by atoms with E-state index in [-0.39, 0.29) is 0 Å². The SMILES string of the molecule is Cc1ccc(Cl)cc1Nc1nccc(N(C)c2ccccc2)n1. The van der Waals surface area contributed by atoms with Crippen molar-refractivity contribution in [2.45, 2.75) is 6.92 Å². The first kappa shape index (κ1) is 15.3. The van der Waals surface area contributed by atoms with Gasteiger partial charge in [-0.15, -0.1) is 0 Å². The molecule has 0 saturated carbocycles. The summed E-state index contributed by atoms with van der Waals surface area (Å²) >= 11 is 6.06. The molecule has 0 aliphatic carbocycles. The van der Waals surface area contributed by atoms with Crippen molar-refractivity contribution >= 4 is 34.7 Å². The Morgan fingerprint density at radius 1 is 1.04 bits per heavy atom. The molecule has 0 amide bonds. The van der Waals surface area contributed by atoms with Gasteiger partial charge in [0.1, 0.15) is 5.82 Å². The van der Waals surface area contributed by atoms with E-state index in [1.807, 2.05) is 73.5 Å². The molecule has 0 radical (unpaired) electrons. The molecule has 23 heavy (non-hydrogen) atoms. The highest BCUT2D eigenvalue weighted by Crippen LogP contribution is 2.25. The van der Waals surface area contributed by atoms with Crippen LogP contribution in [0, 0.1) is 6.92 Å². The molecule has 4 nitrogen and oxygen atoms in total. The van der Waals surface area contributed by atoms with Crippen molar-refractivity contribution in [3.8, 4) is 0 Å². The first-order chi connectivity index (χ1) is 11.1. The van der Waals surface area contributed by atoms with E-state index >= 15 is 0 Å². The minimum atomic E-state index is 0.538. The van der Waals surface area contributed by atoms with Gasteiger partial charge in [0.15, 0.2) is 0 Å². The van der Waals surface area contributed by atoms with E-state index in [1.165, 1.54) is 0 Å². The van der Waals surface area contributed by atoms with Gasteiger partial charge in [-0.05, 0) is 42.8 Å². The van der Waals surface area contributed by atoms with Crippen molar-refractivity contribution in [3.63, 3.8) is 0 Å². The number of aryl methyl sites for hydroxylation is 1. The molecule has 0 fully saturated rings. The quantitative estimate of drug-likeness (QED) is 0.737. The highest BCUT2D eigenvalue weighted by atomic mass is 35.5. The molecule has 2 aromatic carbocycles. The number of rotatable bonds is 4. The standard InChI is InChI=1S/C18H17ClN4/c1-13-8-9-14(19)12-16(13)21-18-20-11-10-17(22-18)23(2)15-6-4-3-5-7-15/h3-12H,1-2H3,(H,20,21,22). The van der Waals surface area contributed by atoms with E-state index in [1.54, 1.807) is 6.20 Å². The maximum absolute atomic E-state index is 6.06. The summed E-state index contributed by atoms with van der Waals surface area (Å²) < 4.78 is 0. The summed E-state index contributed by atoms with van der Waals surface area (Å²) in [6.07, 6.45) is 1.74. The Hall–Kier alpha value is -2.59. The lowest BCUT2D eigenvalue weighted by molar-refractivity contribution is 1.08. The van der Waals surface area contributed by atoms with Gasteiger partial charge in [0.25, 0.3) is 0 Å². The van der Waals surface area contributed by atoms with Gasteiger partial charge in [-0.2, -0.15) is 4.98 Å². The van der Waals surface area contributed by atoms with E-state index < -0.39 is 0 Å². The van der Waals surface area contributed by atoms with Crippen LogP contribution in [0.25, 0.3) is 0 Å². The van der Waals surface area contributed by atoms with Gasteiger partial charge >= 0.3 is 0 Å². The molecule has 3 rings (SSSR count). The molecule has 0 unspecified atom stereocenters. The van der Waals surface area contributed by atoms with Crippen LogP contribution < -0.4 is 10.2 Å². The second-order valence-corrected chi connectivity index (χ2v) is 5.65. The molecular weight excluding hydrogens is 308 g/mol. The lowest BCUT2D eigenvalue weighted by Gasteiger charge is -2.18. The van der Waals surface area contributed by atoms with Crippen LogP contribution in [-0.2, 0) is 0 Å². The molecule has 3 aromatic rings. The Kier molecular flexibility index (Phi) is 4.44. The van der Waals surface area contributed by atoms with Crippen molar-refractivity contribution in [3.05, 3.63) is 71.4 Å². The minimum absolute atomic E-state index is 0.538. The molecule has 0 atom stereocenters. The smallest absolute Gasteiger partial charge is 0.229 e. The molecule has 0 bridgehead atoms. The van der Waals surface area contributed by atoms with Crippen LogP contribution in [0.15, 0.2) is 60.8 Å². The van der Waals surface area contributed by atoms with E-state index in [0.717, 1.165) is 22.8 Å². The molecule has 0 spiro atoms. The molecule has 1 N–H and O–H groups in total. The van der Waals surface area contributed by atoms with Gasteiger partial charge in [0.2, 0.25) is 5.95 Å². The second kappa shape index (κ2) is 6.67. The number of anilines is 4. The zero-order chi connectivity index (χ0) is 16.2. The lowest BCUT2D eigenvalue weighted by atomic mass is 10.2. The molecule has 1 aromatic heterocycles. The Morgan fingerprint density at radius 2 is 1.83 bits per heavy atom. The van der Waals surface area contributed by atoms with Gasteiger partial charge in [-0.3, -0.25) is 0 Å². The van der Waals surface area contributed by atoms with Gasteiger partial charge in [0.05, 0.1) is 0 Å². The normalized spacial score (nSPS) is 10.4. The number of benzene rings is 2. The fourth-order valence-electron chi connectivity index (χ4n) is 2.23. The fourth-order valence-corrected chi connectivity index (χ4v) is 2.40. The van der Waals surface area contributed by atoms with Crippen molar-refractivity contribution in [1.29, 1.82) is 0 Å². The highest BCUT2D eigenvalue weighted by molar-refractivity contribution is 6.30. The number of aromatic nitrogens is 2. The van der Waals surface area contributed by atoms with Crippen LogP contribution in [0.5, 0.6) is 0 Å². The van der Waals surface area contributed by atoms with Crippen molar-refractivity contribution in [1.82, 2.24) is 9.97 Å². The minimum Gasteiger partial charge on any atom is -0.329 e. The van der Waals surface area contributed by atoms with E-state index in [2.05, 4.69) is 15.3 Å². The van der Waals surface area contributed by atoms with Crippen molar-refractivity contribution < 1.29 is 0 Å². The maximum atomic E-state index is 6.06. The van der Waals surface area contributed by atoms with Gasteiger partial charge in [-0.25, -0.2) is 4.98 Å². The van der Waals surface area contributed by atoms with Gasteiger partial charge < -0.3 is 10.2 Å². The monoisotopic (exact) mass is 324 g/mol. The van der Waals surface area contributed by atoms with Crippen LogP contribution in [0.1, 0.15) is 5.56 Å². The third kappa shape index (κ3) is 3.60.